The number of hydrogen-bond acceptors (Lipinski definition) is 7. The average Bonchev–Trinajstić information content (AvgIpc) is 3.42. The number of carbonyl (C=O) groups excluding carboxylic acids is 3. The van der Waals surface area contributed by atoms with E-state index in [0.29, 0.717) is 46.5 Å². The van der Waals surface area contributed by atoms with Crippen LogP contribution in [0.5, 0.6) is 0 Å². The topological polar surface area (TPSA) is 150 Å². The SMILES string of the molecule is O=CC(CC(=O)O)NC(=O)C(CCCCNS(=O)(=O)c1ccc2c(c1)CN(C(=O)C(F)(F)F)CC2)c1cccs1. The third-order valence-corrected chi connectivity index (χ3v) is 8.78. The van der Waals surface area contributed by atoms with Crippen molar-refractivity contribution in [3.63, 3.8) is 0 Å². The van der Waals surface area contributed by atoms with Crippen molar-refractivity contribution in [3.05, 3.63) is 51.7 Å². The number of hydrogen-bond donors (Lipinski definition) is 3. The first-order valence-corrected chi connectivity index (χ1v) is 14.7. The van der Waals surface area contributed by atoms with Gasteiger partial charge < -0.3 is 20.1 Å². The first-order valence-electron chi connectivity index (χ1n) is 12.3. The summed E-state index contributed by atoms with van der Waals surface area (Å²) >= 11 is 1.32. The highest BCUT2D eigenvalue weighted by Gasteiger charge is 2.43. The van der Waals surface area contributed by atoms with Crippen LogP contribution in [0.15, 0.2) is 40.6 Å². The maximum atomic E-state index is 12.8. The average molecular weight is 604 g/mol. The number of amides is 2. The van der Waals surface area contributed by atoms with E-state index in [9.17, 15) is 40.8 Å². The van der Waals surface area contributed by atoms with E-state index in [1.165, 1.54) is 29.5 Å². The number of thiophene rings is 1. The summed E-state index contributed by atoms with van der Waals surface area (Å²) in [6.07, 6.45) is -3.95. The lowest BCUT2D eigenvalue weighted by Gasteiger charge is -2.29. The number of carbonyl (C=O) groups is 4. The van der Waals surface area contributed by atoms with Crippen LogP contribution >= 0.6 is 11.3 Å². The minimum Gasteiger partial charge on any atom is -0.481 e. The molecule has 0 bridgehead atoms. The van der Waals surface area contributed by atoms with Gasteiger partial charge in [0.15, 0.2) is 0 Å². The molecule has 2 aromatic rings. The maximum Gasteiger partial charge on any atom is 0.471 e. The summed E-state index contributed by atoms with van der Waals surface area (Å²) in [5.74, 6) is -4.37. The zero-order valence-electron chi connectivity index (χ0n) is 21.1. The number of alkyl halides is 3. The van der Waals surface area contributed by atoms with Gasteiger partial charge >= 0.3 is 18.1 Å². The third-order valence-electron chi connectivity index (χ3n) is 6.33. The van der Waals surface area contributed by atoms with Crippen LogP contribution in [0.3, 0.4) is 0 Å². The largest absolute Gasteiger partial charge is 0.481 e. The Bertz CT molecular complexity index is 1330. The van der Waals surface area contributed by atoms with Crippen molar-refractivity contribution in [2.24, 2.45) is 0 Å². The van der Waals surface area contributed by atoms with E-state index in [0.717, 1.165) is 0 Å². The molecule has 1 aliphatic rings. The van der Waals surface area contributed by atoms with E-state index in [1.807, 2.05) is 0 Å². The minimum absolute atomic E-state index is 0.0207. The number of nitrogens with one attached hydrogen (secondary N) is 2. The number of carboxylic acids is 1. The van der Waals surface area contributed by atoms with E-state index < -0.39 is 52.4 Å². The second-order valence-corrected chi connectivity index (χ2v) is 12.0. The number of fused-ring (bicyclic) bond motifs is 1. The van der Waals surface area contributed by atoms with Gasteiger partial charge in [0, 0.05) is 24.5 Å². The number of rotatable bonds is 13. The third kappa shape index (κ3) is 8.35. The van der Waals surface area contributed by atoms with Crippen LogP contribution in [0.4, 0.5) is 13.2 Å². The highest BCUT2D eigenvalue weighted by Crippen LogP contribution is 2.28. The molecule has 0 radical (unpaired) electrons. The van der Waals surface area contributed by atoms with E-state index in [2.05, 4.69) is 10.0 Å². The fourth-order valence-electron chi connectivity index (χ4n) is 4.31. The minimum atomic E-state index is -5.01. The number of benzene rings is 1. The number of carboxylic acid groups (broad SMARTS) is 1. The zero-order valence-corrected chi connectivity index (χ0v) is 22.8. The Kier molecular flexibility index (Phi) is 10.4. The monoisotopic (exact) mass is 603 g/mol. The van der Waals surface area contributed by atoms with Crippen LogP contribution < -0.4 is 10.0 Å². The summed E-state index contributed by atoms with van der Waals surface area (Å²) in [5, 5.41) is 13.1. The molecule has 0 aliphatic carbocycles. The van der Waals surface area contributed by atoms with Gasteiger partial charge in [0.25, 0.3) is 0 Å². The number of unbranched alkanes of at least 4 members (excludes halogenated alkanes) is 1. The molecule has 40 heavy (non-hydrogen) atoms. The van der Waals surface area contributed by atoms with Gasteiger partial charge in [-0.2, -0.15) is 13.2 Å². The fourth-order valence-corrected chi connectivity index (χ4v) is 6.30. The van der Waals surface area contributed by atoms with Crippen molar-refractivity contribution < 1.29 is 45.9 Å². The number of aldehydes is 1. The Balaban J connectivity index is 1.57. The lowest BCUT2D eigenvalue weighted by atomic mass is 9.98. The molecule has 2 heterocycles. The summed E-state index contributed by atoms with van der Waals surface area (Å²) in [7, 11) is -4.00. The van der Waals surface area contributed by atoms with Gasteiger partial charge in [0.1, 0.15) is 6.29 Å². The van der Waals surface area contributed by atoms with Gasteiger partial charge in [-0.15, -0.1) is 11.3 Å². The predicted molar refractivity (Wildman–Crippen MR) is 138 cm³/mol. The Morgan fingerprint density at radius 3 is 2.52 bits per heavy atom. The van der Waals surface area contributed by atoms with Crippen molar-refractivity contribution in [2.45, 2.75) is 61.7 Å². The second kappa shape index (κ2) is 13.4. The van der Waals surface area contributed by atoms with Crippen molar-refractivity contribution in [3.8, 4) is 0 Å². The first kappa shape index (κ1) is 31.2. The smallest absolute Gasteiger partial charge is 0.471 e. The lowest BCUT2D eigenvalue weighted by molar-refractivity contribution is -0.186. The molecule has 0 spiro atoms. The zero-order chi connectivity index (χ0) is 29.5. The molecule has 2 unspecified atom stereocenters. The molecule has 3 rings (SSSR count). The molecule has 15 heteroatoms. The Morgan fingerprint density at radius 2 is 1.90 bits per heavy atom. The summed E-state index contributed by atoms with van der Waals surface area (Å²) in [5.41, 5.74) is 0.997. The molecular formula is C25H28F3N3O7S2. The summed E-state index contributed by atoms with van der Waals surface area (Å²) in [4.78, 5) is 47.7. The Morgan fingerprint density at radius 1 is 1.15 bits per heavy atom. The van der Waals surface area contributed by atoms with Crippen molar-refractivity contribution >= 4 is 45.4 Å². The van der Waals surface area contributed by atoms with Gasteiger partial charge in [-0.3, -0.25) is 14.4 Å². The highest BCUT2D eigenvalue weighted by atomic mass is 32.2. The highest BCUT2D eigenvalue weighted by molar-refractivity contribution is 7.89. The molecule has 1 aromatic heterocycles. The van der Waals surface area contributed by atoms with Crippen LogP contribution in [0, 0.1) is 0 Å². The number of nitrogens with zero attached hydrogens (tertiary/aromatic N) is 1. The van der Waals surface area contributed by atoms with Crippen LogP contribution in [0.1, 0.15) is 47.6 Å². The molecule has 0 fully saturated rings. The van der Waals surface area contributed by atoms with Gasteiger partial charge in [-0.25, -0.2) is 13.1 Å². The molecular weight excluding hydrogens is 575 g/mol. The van der Waals surface area contributed by atoms with Crippen LogP contribution in [0.25, 0.3) is 0 Å². The molecule has 0 saturated heterocycles. The maximum absolute atomic E-state index is 12.8. The van der Waals surface area contributed by atoms with Gasteiger partial charge in [-0.1, -0.05) is 18.6 Å². The van der Waals surface area contributed by atoms with E-state index >= 15 is 0 Å². The Hall–Kier alpha value is -3.30. The number of halogens is 3. The molecule has 2 amide bonds. The van der Waals surface area contributed by atoms with Crippen LogP contribution in [-0.2, 0) is 42.2 Å². The molecule has 1 aliphatic heterocycles. The van der Waals surface area contributed by atoms with Crippen molar-refractivity contribution in [1.29, 1.82) is 0 Å². The van der Waals surface area contributed by atoms with Crippen molar-refractivity contribution in [1.82, 2.24) is 14.9 Å². The summed E-state index contributed by atoms with van der Waals surface area (Å²) < 4.78 is 66.5. The Labute approximate surface area is 232 Å². The number of sulfonamides is 1. The molecule has 1 aromatic carbocycles. The van der Waals surface area contributed by atoms with Gasteiger partial charge in [0.05, 0.1) is 23.3 Å². The molecule has 218 valence electrons. The quantitative estimate of drug-likeness (QED) is 0.235. The second-order valence-electron chi connectivity index (χ2n) is 9.22. The summed E-state index contributed by atoms with van der Waals surface area (Å²) in [6.45, 7) is -0.441. The van der Waals surface area contributed by atoms with Crippen LogP contribution in [-0.4, -0.2) is 67.8 Å². The lowest BCUT2D eigenvalue weighted by Crippen LogP contribution is -2.43. The van der Waals surface area contributed by atoms with Gasteiger partial charge in [0.2, 0.25) is 15.9 Å². The molecule has 2 atom stereocenters. The molecule has 10 nitrogen and oxygen atoms in total. The van der Waals surface area contributed by atoms with Crippen LogP contribution in [0.2, 0.25) is 0 Å². The van der Waals surface area contributed by atoms with E-state index in [1.54, 1.807) is 17.5 Å². The molecule has 0 saturated carbocycles. The summed E-state index contributed by atoms with van der Waals surface area (Å²) in [6, 6.07) is 6.48. The fraction of sp³-hybridized carbons (Fsp3) is 0.440. The van der Waals surface area contributed by atoms with Gasteiger partial charge in [-0.05, 0) is 54.0 Å². The number of aliphatic carboxylic acids is 1. The first-order chi connectivity index (χ1) is 18.8. The van der Waals surface area contributed by atoms with Crippen molar-refractivity contribution in [2.75, 3.05) is 13.1 Å². The van der Waals surface area contributed by atoms with E-state index in [-0.39, 0.29) is 31.0 Å². The molecule has 3 N–H and O–H groups in total. The van der Waals surface area contributed by atoms with E-state index in [4.69, 9.17) is 5.11 Å². The predicted octanol–water partition coefficient (Wildman–Crippen LogP) is 2.59. The normalized spacial score (nSPS) is 15.1. The standard InChI is InChI=1S/C25H28F3N3O7S2/c26-25(27,28)24(36)31-10-8-16-6-7-19(12-17(16)14-31)40(37,38)29-9-2-1-4-20(21-5-3-11-39-21)23(35)30-18(15-32)13-22(33)34/h3,5-7,11-12,15,18,20,29H,1-2,4,8-10,13-14H2,(H,30,35)(H,33,34).